The lowest BCUT2D eigenvalue weighted by Crippen LogP contribution is -2.51. The first-order valence-electron chi connectivity index (χ1n) is 20.0. The number of carboxylic acids is 1. The number of aliphatic carboxylic acids is 1. The lowest BCUT2D eigenvalue weighted by Gasteiger charge is -2.25. The lowest BCUT2D eigenvalue weighted by molar-refractivity contribution is -0.162. The number of hydrogen-bond acceptors (Lipinski definition) is 16. The molecule has 0 aliphatic carbocycles. The molecule has 0 aromatic rings. The predicted molar refractivity (Wildman–Crippen MR) is 228 cm³/mol. The summed E-state index contributed by atoms with van der Waals surface area (Å²) in [6.07, 6.45) is -1.94. The molecule has 0 saturated heterocycles. The van der Waals surface area contributed by atoms with Crippen LogP contribution >= 0.6 is 0 Å². The maximum Gasteiger partial charge on any atom is 0.408 e. The molecule has 0 aromatic heterocycles. The van der Waals surface area contributed by atoms with Gasteiger partial charge in [0, 0.05) is 6.42 Å². The molecule has 0 saturated carbocycles. The Kier molecular flexibility index (Phi) is 31.5. The molecule has 0 bridgehead atoms. The standard InChI is InChI=1S/C15H27NO5.C13H24N2O5.C10H19NO4.C3H7NO2/c1-9(2)8-11(17)20-13(18)12(10(3)4)16-14(19)21-15(5,6)7;1-8(2)10(11(17)14-7-9(16)19-6)15-12(18)20-13(3,4)5;1-6(2)7(8(12)13)11-9(14)15-10(3,4)5;1-6-3(5)2-4/h9-10,12H,8H2,1-7H3,(H,16,19);8,10H,7H2,1-6H3,(H,14,17)(H,15,18);6-7H,1-5H3,(H,11,14)(H,12,13);2,4H2,1H3. The minimum atomic E-state index is -1.06. The van der Waals surface area contributed by atoms with Crippen LogP contribution in [0.2, 0.25) is 0 Å². The van der Waals surface area contributed by atoms with Crippen molar-refractivity contribution in [3.05, 3.63) is 0 Å². The van der Waals surface area contributed by atoms with Crippen LogP contribution in [0.1, 0.15) is 124 Å². The molecule has 62 heavy (non-hydrogen) atoms. The number of hydrogen-bond donors (Lipinski definition) is 6. The minimum absolute atomic E-state index is 0.0312. The first-order valence-corrected chi connectivity index (χ1v) is 20.0. The number of ether oxygens (including phenoxy) is 6. The average Bonchev–Trinajstić information content (AvgIpc) is 3.07. The van der Waals surface area contributed by atoms with E-state index in [1.807, 2.05) is 13.8 Å². The third kappa shape index (κ3) is 37.8. The summed E-state index contributed by atoms with van der Waals surface area (Å²) in [6.45, 7) is 29.4. The van der Waals surface area contributed by atoms with Crippen LogP contribution in [0, 0.1) is 23.7 Å². The lowest BCUT2D eigenvalue weighted by atomic mass is 10.0. The van der Waals surface area contributed by atoms with Gasteiger partial charge in [0.25, 0.3) is 0 Å². The van der Waals surface area contributed by atoms with E-state index < -0.39 is 83.0 Å². The number of alkyl carbamates (subject to hydrolysis) is 3. The van der Waals surface area contributed by atoms with Gasteiger partial charge in [0.1, 0.15) is 41.5 Å². The third-order valence-corrected chi connectivity index (χ3v) is 6.64. The van der Waals surface area contributed by atoms with Crippen molar-refractivity contribution < 1.29 is 76.7 Å². The number of nitrogens with one attached hydrogen (secondary N) is 4. The fourth-order valence-corrected chi connectivity index (χ4v) is 3.83. The van der Waals surface area contributed by atoms with E-state index in [0.29, 0.717) is 0 Å². The molecule has 21 heteroatoms. The molecule has 0 heterocycles. The Hall–Kier alpha value is -5.21. The van der Waals surface area contributed by atoms with E-state index in [1.54, 1.807) is 104 Å². The van der Waals surface area contributed by atoms with Gasteiger partial charge in [-0.1, -0.05) is 55.4 Å². The van der Waals surface area contributed by atoms with Crippen molar-refractivity contribution in [1.29, 1.82) is 0 Å². The van der Waals surface area contributed by atoms with Gasteiger partial charge < -0.3 is 60.5 Å². The van der Waals surface area contributed by atoms with E-state index in [9.17, 15) is 43.2 Å². The highest BCUT2D eigenvalue weighted by atomic mass is 16.6. The Labute approximate surface area is 367 Å². The molecule has 21 nitrogen and oxygen atoms in total. The molecule has 3 unspecified atom stereocenters. The Morgan fingerprint density at radius 3 is 1.13 bits per heavy atom. The summed E-state index contributed by atoms with van der Waals surface area (Å²) in [5.74, 6) is -4.28. The SMILES string of the molecule is CC(C)C(NC(=O)OC(C)(C)C)C(=O)O.CC(C)CC(=O)OC(=O)C(NC(=O)OC(C)(C)C)C(C)C.COC(=O)CN.COC(=O)CNC(=O)C(NC(=O)OC(C)(C)C)C(C)C. The van der Waals surface area contributed by atoms with E-state index in [1.165, 1.54) is 14.2 Å². The molecule has 3 atom stereocenters. The van der Waals surface area contributed by atoms with Crippen LogP contribution in [0.3, 0.4) is 0 Å². The number of amides is 4. The fourth-order valence-electron chi connectivity index (χ4n) is 3.83. The van der Waals surface area contributed by atoms with Crippen molar-refractivity contribution in [1.82, 2.24) is 21.3 Å². The van der Waals surface area contributed by atoms with Crippen LogP contribution in [0.5, 0.6) is 0 Å². The summed E-state index contributed by atoms with van der Waals surface area (Å²) in [6, 6.07) is -2.62. The Balaban J connectivity index is -0.000000385. The molecule has 0 aromatic carbocycles. The molecule has 0 aliphatic heterocycles. The second-order valence-corrected chi connectivity index (χ2v) is 17.9. The quantitative estimate of drug-likeness (QED) is 0.0808. The first-order chi connectivity index (χ1) is 27.9. The first kappa shape index (κ1) is 63.4. The van der Waals surface area contributed by atoms with Crippen molar-refractivity contribution in [2.24, 2.45) is 29.4 Å². The van der Waals surface area contributed by atoms with E-state index in [4.69, 9.17) is 29.8 Å². The zero-order valence-electron chi connectivity index (χ0n) is 40.3. The van der Waals surface area contributed by atoms with E-state index in [0.717, 1.165) is 0 Å². The molecule has 0 aliphatic rings. The topological polar surface area (TPSA) is 303 Å². The smallest absolute Gasteiger partial charge is 0.408 e. The number of esters is 4. The number of carboxylic acid groups (broad SMARTS) is 1. The van der Waals surface area contributed by atoms with E-state index >= 15 is 0 Å². The van der Waals surface area contributed by atoms with Crippen molar-refractivity contribution in [3.8, 4) is 0 Å². The van der Waals surface area contributed by atoms with Crippen LogP contribution in [-0.4, -0.2) is 121 Å². The summed E-state index contributed by atoms with van der Waals surface area (Å²) in [4.78, 5) is 102. The second kappa shape index (κ2) is 30.8. The minimum Gasteiger partial charge on any atom is -0.480 e. The normalized spacial score (nSPS) is 12.5. The van der Waals surface area contributed by atoms with Gasteiger partial charge in [-0.25, -0.2) is 24.0 Å². The van der Waals surface area contributed by atoms with Crippen molar-refractivity contribution in [2.75, 3.05) is 27.3 Å². The Bertz CT molecular complexity index is 1420. The Morgan fingerprint density at radius 1 is 0.532 bits per heavy atom. The predicted octanol–water partition coefficient (Wildman–Crippen LogP) is 4.21. The summed E-state index contributed by atoms with van der Waals surface area (Å²) >= 11 is 0. The number of nitrogens with two attached hydrogens (primary N) is 1. The van der Waals surface area contributed by atoms with Crippen LogP contribution in [0.4, 0.5) is 14.4 Å². The van der Waals surface area contributed by atoms with E-state index in [-0.39, 0.29) is 49.2 Å². The zero-order valence-corrected chi connectivity index (χ0v) is 40.3. The van der Waals surface area contributed by atoms with Gasteiger partial charge >= 0.3 is 48.1 Å². The van der Waals surface area contributed by atoms with Crippen molar-refractivity contribution >= 4 is 54.0 Å². The monoisotopic (exact) mass is 896 g/mol. The molecule has 0 spiro atoms. The van der Waals surface area contributed by atoms with E-state index in [2.05, 4.69) is 30.7 Å². The van der Waals surface area contributed by atoms with Crippen LogP contribution in [0.15, 0.2) is 0 Å². The molecule has 4 amide bonds. The van der Waals surface area contributed by atoms with Gasteiger partial charge in [-0.05, 0) is 86.0 Å². The van der Waals surface area contributed by atoms with Gasteiger partial charge in [0.2, 0.25) is 5.91 Å². The molecule has 362 valence electrons. The zero-order chi connectivity index (χ0) is 49.9. The molecular weight excluding hydrogens is 818 g/mol. The molecule has 0 radical (unpaired) electrons. The second-order valence-electron chi connectivity index (χ2n) is 17.9. The maximum atomic E-state index is 12.0. The van der Waals surface area contributed by atoms with Gasteiger partial charge in [-0.3, -0.25) is 19.2 Å². The summed E-state index contributed by atoms with van der Waals surface area (Å²) < 4.78 is 28.5. The fraction of sp³-hybridized carbons (Fsp3) is 0.780. The highest BCUT2D eigenvalue weighted by molar-refractivity contribution is 5.90. The number of carbonyl (C=O) groups excluding carboxylic acids is 8. The number of carbonyl (C=O) groups is 9. The van der Waals surface area contributed by atoms with Crippen LogP contribution in [0.25, 0.3) is 0 Å². The highest BCUT2D eigenvalue weighted by Gasteiger charge is 2.31. The maximum absolute atomic E-state index is 12.0. The molecule has 0 fully saturated rings. The van der Waals surface area contributed by atoms with Gasteiger partial charge in [-0.15, -0.1) is 0 Å². The number of methoxy groups -OCH3 is 2. The summed E-state index contributed by atoms with van der Waals surface area (Å²) in [7, 11) is 2.53. The average molecular weight is 896 g/mol. The number of rotatable bonds is 14. The summed E-state index contributed by atoms with van der Waals surface area (Å²) in [5, 5.41) is 18.5. The van der Waals surface area contributed by atoms with Gasteiger partial charge in [0.15, 0.2) is 0 Å². The highest BCUT2D eigenvalue weighted by Crippen LogP contribution is 2.12. The third-order valence-electron chi connectivity index (χ3n) is 6.64. The summed E-state index contributed by atoms with van der Waals surface area (Å²) in [5.41, 5.74) is 2.88. The molecule has 0 rings (SSSR count). The van der Waals surface area contributed by atoms with Gasteiger partial charge in [-0.2, -0.15) is 0 Å². The molecule has 7 N–H and O–H groups in total. The van der Waals surface area contributed by atoms with Crippen LogP contribution < -0.4 is 27.0 Å². The van der Waals surface area contributed by atoms with Crippen LogP contribution in [-0.2, 0) is 57.2 Å². The van der Waals surface area contributed by atoms with Crippen molar-refractivity contribution in [3.63, 3.8) is 0 Å². The Morgan fingerprint density at radius 2 is 0.871 bits per heavy atom. The van der Waals surface area contributed by atoms with Crippen molar-refractivity contribution in [2.45, 2.75) is 159 Å². The largest absolute Gasteiger partial charge is 0.480 e. The van der Waals surface area contributed by atoms with Gasteiger partial charge in [0.05, 0.1) is 20.8 Å². The molecular formula is C41H77N5O16.